The van der Waals surface area contributed by atoms with Gasteiger partial charge in [-0.25, -0.2) is 0 Å². The quantitative estimate of drug-likeness (QED) is 0.900. The van der Waals surface area contributed by atoms with E-state index in [4.69, 9.17) is 14.2 Å². The van der Waals surface area contributed by atoms with Gasteiger partial charge in [-0.15, -0.1) is 0 Å². The third kappa shape index (κ3) is 4.15. The lowest BCUT2D eigenvalue weighted by molar-refractivity contribution is -0.157. The zero-order valence-electron chi connectivity index (χ0n) is 15.5. The summed E-state index contributed by atoms with van der Waals surface area (Å²) in [6, 6.07) is 15.7. The van der Waals surface area contributed by atoms with Crippen LogP contribution in [-0.4, -0.2) is 44.5 Å². The number of ether oxygens (including phenoxy) is 3. The molecule has 0 unspecified atom stereocenters. The van der Waals surface area contributed by atoms with Crippen molar-refractivity contribution in [2.24, 2.45) is 0 Å². The summed E-state index contributed by atoms with van der Waals surface area (Å²) in [5, 5.41) is 3.15. The van der Waals surface area contributed by atoms with Crippen molar-refractivity contribution in [3.63, 3.8) is 0 Å². The predicted molar refractivity (Wildman–Crippen MR) is 103 cm³/mol. The van der Waals surface area contributed by atoms with Gasteiger partial charge in [-0.05, 0) is 54.7 Å². The van der Waals surface area contributed by atoms with Gasteiger partial charge >= 0.3 is 0 Å². The van der Waals surface area contributed by atoms with Crippen LogP contribution < -0.4 is 10.1 Å². The Balaban J connectivity index is 1.39. The predicted octanol–water partition coefficient (Wildman–Crippen LogP) is 3.43. The van der Waals surface area contributed by atoms with Gasteiger partial charge in [0.05, 0.1) is 32.5 Å². The highest BCUT2D eigenvalue weighted by Crippen LogP contribution is 2.27. The molecule has 2 aromatic carbocycles. The number of rotatable bonds is 4. The summed E-state index contributed by atoms with van der Waals surface area (Å²) >= 11 is 0. The number of benzene rings is 2. The Bertz CT molecular complexity index is 789. The molecular weight excluding hydrogens is 342 g/mol. The first kappa shape index (κ1) is 18.0. The van der Waals surface area contributed by atoms with Gasteiger partial charge in [0.15, 0.2) is 0 Å². The van der Waals surface area contributed by atoms with Crippen LogP contribution in [0.1, 0.15) is 29.6 Å². The summed E-state index contributed by atoms with van der Waals surface area (Å²) in [7, 11) is 1.66. The SMILES string of the molecule is COc1cccc(-c2ccc(C(=O)N[C@@H]3CC[C@@H]4OCCO[C@@H]4C3)cc2)c1. The van der Waals surface area contributed by atoms with Crippen molar-refractivity contribution in [3.05, 3.63) is 54.1 Å². The molecule has 2 aliphatic rings. The van der Waals surface area contributed by atoms with Crippen molar-refractivity contribution < 1.29 is 19.0 Å². The van der Waals surface area contributed by atoms with E-state index in [0.717, 1.165) is 36.1 Å². The minimum atomic E-state index is -0.0348. The molecule has 1 heterocycles. The number of amides is 1. The Kier molecular flexibility index (Phi) is 5.41. The van der Waals surface area contributed by atoms with Crippen LogP contribution >= 0.6 is 0 Å². The minimum Gasteiger partial charge on any atom is -0.497 e. The molecule has 0 radical (unpaired) electrons. The second-order valence-electron chi connectivity index (χ2n) is 7.11. The molecule has 2 fully saturated rings. The average molecular weight is 367 g/mol. The summed E-state index contributed by atoms with van der Waals surface area (Å²) in [6.07, 6.45) is 2.98. The summed E-state index contributed by atoms with van der Waals surface area (Å²) in [5.41, 5.74) is 2.79. The highest BCUT2D eigenvalue weighted by molar-refractivity contribution is 5.94. The maximum absolute atomic E-state index is 12.6. The number of carbonyl (C=O) groups excluding carboxylic acids is 1. The molecule has 5 heteroatoms. The summed E-state index contributed by atoms with van der Waals surface area (Å²) < 4.78 is 16.8. The van der Waals surface area contributed by atoms with Crippen LogP contribution in [0.2, 0.25) is 0 Å². The van der Waals surface area contributed by atoms with Crippen LogP contribution in [0.15, 0.2) is 48.5 Å². The maximum Gasteiger partial charge on any atom is 0.251 e. The second-order valence-corrected chi connectivity index (χ2v) is 7.11. The van der Waals surface area contributed by atoms with E-state index in [1.54, 1.807) is 7.11 Å². The van der Waals surface area contributed by atoms with Gasteiger partial charge in [-0.3, -0.25) is 4.79 Å². The molecule has 142 valence electrons. The summed E-state index contributed by atoms with van der Waals surface area (Å²) in [4.78, 5) is 12.6. The Morgan fingerprint density at radius 2 is 1.78 bits per heavy atom. The lowest BCUT2D eigenvalue weighted by atomic mass is 9.89. The number of hydrogen-bond acceptors (Lipinski definition) is 4. The molecule has 5 nitrogen and oxygen atoms in total. The van der Waals surface area contributed by atoms with E-state index >= 15 is 0 Å². The topological polar surface area (TPSA) is 56.8 Å². The van der Waals surface area contributed by atoms with Gasteiger partial charge in [-0.1, -0.05) is 24.3 Å². The Morgan fingerprint density at radius 1 is 1.00 bits per heavy atom. The van der Waals surface area contributed by atoms with E-state index in [1.807, 2.05) is 48.5 Å². The lowest BCUT2D eigenvalue weighted by Gasteiger charge is -2.39. The largest absolute Gasteiger partial charge is 0.497 e. The first-order chi connectivity index (χ1) is 13.2. The van der Waals surface area contributed by atoms with E-state index in [0.29, 0.717) is 18.8 Å². The van der Waals surface area contributed by atoms with E-state index in [2.05, 4.69) is 5.32 Å². The molecule has 3 atom stereocenters. The molecule has 1 amide bonds. The van der Waals surface area contributed by atoms with Crippen molar-refractivity contribution >= 4 is 5.91 Å². The van der Waals surface area contributed by atoms with Gasteiger partial charge in [0.25, 0.3) is 5.91 Å². The van der Waals surface area contributed by atoms with Gasteiger partial charge in [0.2, 0.25) is 0 Å². The van der Waals surface area contributed by atoms with Crippen molar-refractivity contribution in [2.75, 3.05) is 20.3 Å². The van der Waals surface area contributed by atoms with Crippen LogP contribution in [-0.2, 0) is 9.47 Å². The number of carbonyl (C=O) groups is 1. The molecule has 4 rings (SSSR count). The zero-order chi connectivity index (χ0) is 18.6. The maximum atomic E-state index is 12.6. The van der Waals surface area contributed by atoms with Crippen molar-refractivity contribution in [1.29, 1.82) is 0 Å². The highest BCUT2D eigenvalue weighted by Gasteiger charge is 2.34. The number of fused-ring (bicyclic) bond motifs is 1. The lowest BCUT2D eigenvalue weighted by Crippen LogP contribution is -2.49. The molecule has 0 spiro atoms. The fourth-order valence-corrected chi connectivity index (χ4v) is 3.88. The van der Waals surface area contributed by atoms with Crippen LogP contribution in [0.4, 0.5) is 0 Å². The Morgan fingerprint density at radius 3 is 2.56 bits per heavy atom. The Hall–Kier alpha value is -2.37. The van der Waals surface area contributed by atoms with Gasteiger partial charge in [0, 0.05) is 11.6 Å². The number of methoxy groups -OCH3 is 1. The van der Waals surface area contributed by atoms with Crippen LogP contribution in [0, 0.1) is 0 Å². The van der Waals surface area contributed by atoms with Crippen molar-refractivity contribution in [3.8, 4) is 16.9 Å². The molecule has 1 saturated heterocycles. The first-order valence-electron chi connectivity index (χ1n) is 9.51. The van der Waals surface area contributed by atoms with Crippen LogP contribution in [0.3, 0.4) is 0 Å². The standard InChI is InChI=1S/C22H25NO4/c1-25-19-4-2-3-17(13-19)15-5-7-16(8-6-15)22(24)23-18-9-10-20-21(14-18)27-12-11-26-20/h2-8,13,18,20-21H,9-12,14H2,1H3,(H,23,24)/t18-,20+,21-/m1/s1. The number of nitrogens with one attached hydrogen (secondary N) is 1. The minimum absolute atomic E-state index is 0.0348. The second kappa shape index (κ2) is 8.11. The molecule has 1 N–H and O–H groups in total. The zero-order valence-corrected chi connectivity index (χ0v) is 15.5. The molecule has 0 bridgehead atoms. The molecule has 1 saturated carbocycles. The average Bonchev–Trinajstić information content (AvgIpc) is 2.74. The Labute approximate surface area is 159 Å². The van der Waals surface area contributed by atoms with Gasteiger partial charge in [0.1, 0.15) is 5.75 Å². The number of hydrogen-bond donors (Lipinski definition) is 1. The monoisotopic (exact) mass is 367 g/mol. The van der Waals surface area contributed by atoms with E-state index in [1.165, 1.54) is 0 Å². The van der Waals surface area contributed by atoms with E-state index in [9.17, 15) is 4.79 Å². The molecule has 1 aliphatic carbocycles. The van der Waals surface area contributed by atoms with Crippen molar-refractivity contribution in [2.45, 2.75) is 37.5 Å². The molecule has 0 aromatic heterocycles. The molecule has 27 heavy (non-hydrogen) atoms. The van der Waals surface area contributed by atoms with E-state index < -0.39 is 0 Å². The smallest absolute Gasteiger partial charge is 0.251 e. The third-order valence-electron chi connectivity index (χ3n) is 5.36. The van der Waals surface area contributed by atoms with E-state index in [-0.39, 0.29) is 24.2 Å². The fourth-order valence-electron chi connectivity index (χ4n) is 3.88. The normalized spacial score (nSPS) is 24.7. The summed E-state index contributed by atoms with van der Waals surface area (Å²) in [5.74, 6) is 0.784. The van der Waals surface area contributed by atoms with Gasteiger partial charge in [-0.2, -0.15) is 0 Å². The molecular formula is C22H25NO4. The molecule has 1 aliphatic heterocycles. The molecule has 2 aromatic rings. The van der Waals surface area contributed by atoms with Crippen LogP contribution in [0.25, 0.3) is 11.1 Å². The summed E-state index contributed by atoms with van der Waals surface area (Å²) in [6.45, 7) is 1.32. The van der Waals surface area contributed by atoms with Crippen LogP contribution in [0.5, 0.6) is 5.75 Å². The first-order valence-corrected chi connectivity index (χ1v) is 9.51. The third-order valence-corrected chi connectivity index (χ3v) is 5.36. The van der Waals surface area contributed by atoms with Crippen molar-refractivity contribution in [1.82, 2.24) is 5.32 Å². The fraction of sp³-hybridized carbons (Fsp3) is 0.409. The van der Waals surface area contributed by atoms with Gasteiger partial charge < -0.3 is 19.5 Å². The highest BCUT2D eigenvalue weighted by atomic mass is 16.6.